The number of aliphatic hydroxyl groups excluding tert-OH is 1. The monoisotopic (exact) mass is 500 g/mol. The van der Waals surface area contributed by atoms with Crippen LogP contribution >= 0.6 is 0 Å². The molecule has 1 aromatic carbocycles. The number of esters is 2. The van der Waals surface area contributed by atoms with Gasteiger partial charge >= 0.3 is 11.9 Å². The Morgan fingerprint density at radius 3 is 2.47 bits per heavy atom. The molecule has 36 heavy (non-hydrogen) atoms. The lowest BCUT2D eigenvalue weighted by Gasteiger charge is -2.24. The van der Waals surface area contributed by atoms with Crippen LogP contribution in [0.4, 0.5) is 0 Å². The van der Waals surface area contributed by atoms with E-state index in [1.54, 1.807) is 24.3 Å². The van der Waals surface area contributed by atoms with Crippen LogP contribution < -0.4 is 14.2 Å². The second kappa shape index (κ2) is 13.2. The number of ether oxygens (including phenoxy) is 5. The van der Waals surface area contributed by atoms with Crippen LogP contribution in [0.1, 0.15) is 44.6 Å². The minimum Gasteiger partial charge on any atom is -0.493 e. The third-order valence-corrected chi connectivity index (χ3v) is 6.52. The van der Waals surface area contributed by atoms with E-state index in [-0.39, 0.29) is 17.9 Å². The highest BCUT2D eigenvalue weighted by atomic mass is 16.6. The molecule has 1 aromatic rings. The molecule has 3 rings (SSSR count). The van der Waals surface area contributed by atoms with Crippen molar-refractivity contribution in [2.45, 2.75) is 57.3 Å². The van der Waals surface area contributed by atoms with Crippen LogP contribution in [0.25, 0.3) is 6.08 Å². The Morgan fingerprint density at radius 2 is 1.81 bits per heavy atom. The summed E-state index contributed by atoms with van der Waals surface area (Å²) in [6, 6.07) is 3.44. The van der Waals surface area contributed by atoms with Crippen LogP contribution in [-0.2, 0) is 19.1 Å². The first-order valence-corrected chi connectivity index (χ1v) is 12.3. The van der Waals surface area contributed by atoms with Crippen LogP contribution in [0.3, 0.4) is 0 Å². The number of fused-ring (bicyclic) bond motifs is 1. The molecule has 0 aromatic heterocycles. The lowest BCUT2D eigenvalue weighted by Crippen LogP contribution is -2.27. The minimum atomic E-state index is -0.697. The van der Waals surface area contributed by atoms with E-state index >= 15 is 0 Å². The molecule has 8 heteroatoms. The molecule has 2 aliphatic rings. The van der Waals surface area contributed by atoms with E-state index in [9.17, 15) is 14.7 Å². The zero-order chi connectivity index (χ0) is 26.1. The third-order valence-electron chi connectivity index (χ3n) is 6.52. The van der Waals surface area contributed by atoms with Crippen LogP contribution in [0.15, 0.2) is 42.5 Å². The molecule has 0 spiro atoms. The molecule has 196 valence electrons. The zero-order valence-corrected chi connectivity index (χ0v) is 21.3. The van der Waals surface area contributed by atoms with Crippen LogP contribution in [0.5, 0.6) is 17.2 Å². The standard InChI is InChI=1S/C28H36O8/c1-18-8-6-5-7-9-20-16-21(29)17-22(20)23(11-13-26(30)35-18)36-27(31)12-10-19-14-24(32-2)28(34-4)25(15-19)33-3/h7,9-15,18,20-23,29H,5-6,8,16-17H2,1-4H3/b9-7+,12-10+,13-11?/t18-,20+,21-,22+,23+/m0/s1. The highest BCUT2D eigenvalue weighted by Crippen LogP contribution is 2.39. The quantitative estimate of drug-likeness (QED) is 0.352. The molecule has 1 aliphatic carbocycles. The number of benzene rings is 1. The Balaban J connectivity index is 1.81. The van der Waals surface area contributed by atoms with Gasteiger partial charge in [-0.05, 0) is 74.8 Å². The molecule has 5 atom stereocenters. The highest BCUT2D eigenvalue weighted by molar-refractivity contribution is 5.88. The number of hydrogen-bond acceptors (Lipinski definition) is 8. The number of methoxy groups -OCH3 is 3. The largest absolute Gasteiger partial charge is 0.493 e. The summed E-state index contributed by atoms with van der Waals surface area (Å²) in [5.41, 5.74) is 0.654. The SMILES string of the molecule is COc1cc(/C=C/C(=O)O[C@@H]2C=CC(=O)O[C@@H](C)CCC/C=C/[C@@H]3C[C@H](O)C[C@H]32)cc(OC)c1OC. The molecule has 1 heterocycles. The Kier molecular flexibility index (Phi) is 9.99. The lowest BCUT2D eigenvalue weighted by molar-refractivity contribution is -0.145. The topological polar surface area (TPSA) is 101 Å². The fourth-order valence-corrected chi connectivity index (χ4v) is 4.74. The van der Waals surface area contributed by atoms with E-state index in [1.807, 2.05) is 6.92 Å². The molecule has 1 aliphatic heterocycles. The maximum Gasteiger partial charge on any atom is 0.331 e. The molecule has 1 N–H and O–H groups in total. The third kappa shape index (κ3) is 7.37. The van der Waals surface area contributed by atoms with Crippen LogP contribution in [0, 0.1) is 11.8 Å². The Bertz CT molecular complexity index is 970. The smallest absolute Gasteiger partial charge is 0.331 e. The van der Waals surface area contributed by atoms with Crippen molar-refractivity contribution >= 4 is 18.0 Å². The first kappa shape index (κ1) is 27.3. The molecular formula is C28H36O8. The molecule has 1 fully saturated rings. The molecule has 0 unspecified atom stereocenters. The fraction of sp³-hybridized carbons (Fsp3) is 0.500. The highest BCUT2D eigenvalue weighted by Gasteiger charge is 2.38. The summed E-state index contributed by atoms with van der Waals surface area (Å²) in [5, 5.41) is 10.3. The molecular weight excluding hydrogens is 464 g/mol. The molecule has 0 amide bonds. The fourth-order valence-electron chi connectivity index (χ4n) is 4.74. The van der Waals surface area contributed by atoms with E-state index in [1.165, 1.54) is 33.5 Å². The molecule has 8 nitrogen and oxygen atoms in total. The van der Waals surface area contributed by atoms with E-state index in [0.29, 0.717) is 35.7 Å². The van der Waals surface area contributed by atoms with E-state index in [4.69, 9.17) is 23.7 Å². The van der Waals surface area contributed by atoms with Gasteiger partial charge in [0.1, 0.15) is 6.10 Å². The van der Waals surface area contributed by atoms with Crippen molar-refractivity contribution in [3.05, 3.63) is 48.1 Å². The average molecular weight is 501 g/mol. The summed E-state index contributed by atoms with van der Waals surface area (Å²) in [5.74, 6) is 0.213. The van der Waals surface area contributed by atoms with E-state index in [2.05, 4.69) is 12.2 Å². The summed E-state index contributed by atoms with van der Waals surface area (Å²) in [4.78, 5) is 25.1. The van der Waals surface area contributed by atoms with E-state index in [0.717, 1.165) is 19.3 Å². The number of hydrogen-bond donors (Lipinski definition) is 1. The second-order valence-corrected chi connectivity index (χ2v) is 9.11. The van der Waals surface area contributed by atoms with Gasteiger partial charge in [-0.3, -0.25) is 0 Å². The molecule has 0 bridgehead atoms. The number of rotatable bonds is 6. The van der Waals surface area contributed by atoms with Gasteiger partial charge in [0.05, 0.1) is 33.5 Å². The summed E-state index contributed by atoms with van der Waals surface area (Å²) in [7, 11) is 4.55. The second-order valence-electron chi connectivity index (χ2n) is 9.11. The minimum absolute atomic E-state index is 0.0377. The lowest BCUT2D eigenvalue weighted by atomic mass is 9.89. The molecule has 1 saturated carbocycles. The number of carbonyl (C=O) groups excluding carboxylic acids is 2. The van der Waals surface area contributed by atoms with Crippen molar-refractivity contribution in [1.82, 2.24) is 0 Å². The van der Waals surface area contributed by atoms with Gasteiger partial charge in [0.15, 0.2) is 11.5 Å². The van der Waals surface area contributed by atoms with Gasteiger partial charge < -0.3 is 28.8 Å². The summed E-state index contributed by atoms with van der Waals surface area (Å²) in [6.07, 6.45) is 12.2. The van der Waals surface area contributed by atoms with Crippen molar-refractivity contribution in [2.75, 3.05) is 21.3 Å². The summed E-state index contributed by atoms with van der Waals surface area (Å²) >= 11 is 0. The maximum atomic E-state index is 12.8. The first-order valence-electron chi connectivity index (χ1n) is 12.3. The van der Waals surface area contributed by atoms with Crippen LogP contribution in [-0.4, -0.2) is 56.7 Å². The number of carbonyl (C=O) groups is 2. The number of cyclic esters (lactones) is 1. The van der Waals surface area contributed by atoms with Gasteiger partial charge in [0.2, 0.25) is 5.75 Å². The van der Waals surface area contributed by atoms with Crippen molar-refractivity contribution < 1.29 is 38.4 Å². The number of allylic oxidation sites excluding steroid dienone is 2. The first-order chi connectivity index (χ1) is 17.3. The molecule has 0 radical (unpaired) electrons. The van der Waals surface area contributed by atoms with Crippen molar-refractivity contribution in [1.29, 1.82) is 0 Å². The van der Waals surface area contributed by atoms with Crippen molar-refractivity contribution in [3.8, 4) is 17.2 Å². The van der Waals surface area contributed by atoms with Gasteiger partial charge in [-0.15, -0.1) is 0 Å². The average Bonchev–Trinajstić information content (AvgIpc) is 3.23. The van der Waals surface area contributed by atoms with Gasteiger partial charge in [-0.25, -0.2) is 9.59 Å². The Hall–Kier alpha value is -3.26. The van der Waals surface area contributed by atoms with Crippen molar-refractivity contribution in [3.63, 3.8) is 0 Å². The summed E-state index contributed by atoms with van der Waals surface area (Å²) in [6.45, 7) is 1.87. The van der Waals surface area contributed by atoms with Gasteiger partial charge in [0.25, 0.3) is 0 Å². The Labute approximate surface area is 212 Å². The predicted octanol–water partition coefficient (Wildman–Crippen LogP) is 4.25. The van der Waals surface area contributed by atoms with Crippen molar-refractivity contribution in [2.24, 2.45) is 11.8 Å². The maximum absolute atomic E-state index is 12.8. The van der Waals surface area contributed by atoms with Gasteiger partial charge in [-0.2, -0.15) is 0 Å². The van der Waals surface area contributed by atoms with E-state index < -0.39 is 24.1 Å². The molecule has 0 saturated heterocycles. The van der Waals surface area contributed by atoms with Gasteiger partial charge in [0, 0.05) is 18.1 Å². The zero-order valence-electron chi connectivity index (χ0n) is 21.3. The predicted molar refractivity (Wildman–Crippen MR) is 135 cm³/mol. The van der Waals surface area contributed by atoms with Crippen LogP contribution in [0.2, 0.25) is 0 Å². The Morgan fingerprint density at radius 1 is 1.08 bits per heavy atom. The van der Waals surface area contributed by atoms with Gasteiger partial charge in [-0.1, -0.05) is 12.2 Å². The normalized spacial score (nSPS) is 27.7. The summed E-state index contributed by atoms with van der Waals surface area (Å²) < 4.78 is 27.3. The number of aliphatic hydroxyl groups is 1.